The van der Waals surface area contributed by atoms with Gasteiger partial charge in [0.1, 0.15) is 0 Å². The number of aromatic nitrogens is 1. The van der Waals surface area contributed by atoms with Gasteiger partial charge in [-0.2, -0.15) is 0 Å². The van der Waals surface area contributed by atoms with E-state index >= 15 is 0 Å². The average molecular weight is 174 g/mol. The van der Waals surface area contributed by atoms with Gasteiger partial charge in [-0.25, -0.2) is 0 Å². The number of aromatic amines is 1. The van der Waals surface area contributed by atoms with Crippen LogP contribution in [0.25, 0.3) is 15.9 Å². The van der Waals surface area contributed by atoms with E-state index < -0.39 is 0 Å². The zero-order valence-corrected chi connectivity index (χ0v) is 7.07. The highest BCUT2D eigenvalue weighted by Gasteiger charge is 2.21. The highest BCUT2D eigenvalue weighted by Crippen LogP contribution is 2.35. The van der Waals surface area contributed by atoms with Crippen LogP contribution in [-0.2, 0) is 0 Å². The van der Waals surface area contributed by atoms with E-state index in [2.05, 4.69) is 9.96 Å². The van der Waals surface area contributed by atoms with Gasteiger partial charge in [-0.15, -0.1) is 0 Å². The van der Waals surface area contributed by atoms with Crippen molar-refractivity contribution in [1.29, 1.82) is 5.39 Å². The van der Waals surface area contributed by atoms with Gasteiger partial charge in [0.15, 0.2) is 4.98 Å². The minimum absolute atomic E-state index is 0.108. The topological polar surface area (TPSA) is 64.2 Å². The molecule has 0 saturated heterocycles. The predicted molar refractivity (Wildman–Crippen MR) is 49.4 cm³/mol. The van der Waals surface area contributed by atoms with Gasteiger partial charge in [-0.05, 0) is 24.6 Å². The second kappa shape index (κ2) is 2.49. The van der Waals surface area contributed by atoms with Gasteiger partial charge in [0, 0.05) is 0 Å². The summed E-state index contributed by atoms with van der Waals surface area (Å²) in [4.78, 5) is 5.73. The summed E-state index contributed by atoms with van der Waals surface area (Å²) in [6.45, 7) is 1.95. The lowest BCUT2D eigenvalue weighted by molar-refractivity contribution is 0.461. The summed E-state index contributed by atoms with van der Waals surface area (Å²) < 4.78 is 0. The molecule has 2 N–H and O–H groups in total. The Hall–Kier alpha value is -2.02. The molecule has 1 aromatic heterocycles. The van der Waals surface area contributed by atoms with Crippen LogP contribution in [0.15, 0.2) is 18.2 Å². The Balaban J connectivity index is 2.88. The molecule has 0 unspecified atom stereocenters. The van der Waals surface area contributed by atoms with E-state index in [-0.39, 0.29) is 11.6 Å². The van der Waals surface area contributed by atoms with Crippen molar-refractivity contribution in [2.24, 2.45) is 0 Å². The molecule has 1 heterocycles. The number of rotatable bonds is 0. The first-order valence-electron chi connectivity index (χ1n) is 3.89. The highest BCUT2D eigenvalue weighted by molar-refractivity contribution is 5.96. The van der Waals surface area contributed by atoms with Crippen molar-refractivity contribution in [3.63, 3.8) is 0 Å². The predicted octanol–water partition coefficient (Wildman–Crippen LogP) is 2.67. The van der Waals surface area contributed by atoms with E-state index in [1.54, 1.807) is 6.07 Å². The first-order chi connectivity index (χ1) is 6.22. The molecular formula is C9H8N3O+. The van der Waals surface area contributed by atoms with Crippen LogP contribution in [-0.4, -0.2) is 10.1 Å². The summed E-state index contributed by atoms with van der Waals surface area (Å²) in [5.41, 5.74) is 2.04. The molecule has 1 aromatic carbocycles. The Morgan fingerprint density at radius 1 is 1.46 bits per heavy atom. The summed E-state index contributed by atoms with van der Waals surface area (Å²) in [7, 11) is 0. The van der Waals surface area contributed by atoms with Crippen LogP contribution in [0.4, 0.5) is 5.69 Å². The lowest BCUT2D eigenvalue weighted by atomic mass is 10.2. The van der Waals surface area contributed by atoms with Crippen molar-refractivity contribution in [2.45, 2.75) is 6.92 Å². The van der Waals surface area contributed by atoms with Crippen LogP contribution in [0, 0.1) is 12.3 Å². The van der Waals surface area contributed by atoms with Gasteiger partial charge >= 0.3 is 5.69 Å². The fraction of sp³-hybridized carbons (Fsp3) is 0.111. The largest absolute Gasteiger partial charge is 0.489 e. The quantitative estimate of drug-likeness (QED) is 0.603. The van der Waals surface area contributed by atoms with E-state index in [0.717, 1.165) is 11.1 Å². The monoisotopic (exact) mass is 174 g/mol. The Morgan fingerprint density at radius 3 is 2.92 bits per heavy atom. The number of diazo groups is 1. The third kappa shape index (κ3) is 1.02. The zero-order chi connectivity index (χ0) is 9.42. The number of aromatic hydroxyl groups is 1. The van der Waals surface area contributed by atoms with Crippen molar-refractivity contribution in [3.05, 3.63) is 28.7 Å². The molecule has 64 valence electrons. The molecule has 0 amide bonds. The van der Waals surface area contributed by atoms with Crippen molar-refractivity contribution in [2.75, 3.05) is 0 Å². The van der Waals surface area contributed by atoms with Crippen molar-refractivity contribution < 1.29 is 5.11 Å². The highest BCUT2D eigenvalue weighted by atomic mass is 16.3. The number of hydrogen-bond acceptors (Lipinski definition) is 2. The van der Waals surface area contributed by atoms with E-state index in [1.165, 1.54) is 0 Å². The molecule has 0 radical (unpaired) electrons. The molecule has 2 aromatic rings. The van der Waals surface area contributed by atoms with Gasteiger partial charge in [-0.1, -0.05) is 6.07 Å². The molecule has 4 heteroatoms. The number of aryl methyl sites for hydroxylation is 1. The van der Waals surface area contributed by atoms with E-state index in [9.17, 15) is 5.11 Å². The van der Waals surface area contributed by atoms with Crippen molar-refractivity contribution in [3.8, 4) is 5.88 Å². The van der Waals surface area contributed by atoms with Crippen LogP contribution in [0.5, 0.6) is 5.88 Å². The van der Waals surface area contributed by atoms with Crippen LogP contribution >= 0.6 is 0 Å². The summed E-state index contributed by atoms with van der Waals surface area (Å²) in [6.07, 6.45) is 0. The maximum absolute atomic E-state index is 9.32. The molecule has 0 aliphatic carbocycles. The maximum atomic E-state index is 9.32. The molecule has 0 atom stereocenters. The SMILES string of the molecule is Cc1ccc2c([N+]#N)c(O)[nH]c2c1. The minimum atomic E-state index is -0.108. The van der Waals surface area contributed by atoms with Gasteiger partial charge in [-0.3, -0.25) is 0 Å². The molecule has 0 saturated carbocycles. The Kier molecular flexibility index (Phi) is 1.46. The smallest absolute Gasteiger partial charge is 0.453 e. The lowest BCUT2D eigenvalue weighted by Gasteiger charge is -1.88. The first kappa shape index (κ1) is 7.62. The van der Waals surface area contributed by atoms with Crippen LogP contribution in [0.2, 0.25) is 0 Å². The third-order valence-electron chi connectivity index (χ3n) is 2.01. The molecule has 4 nitrogen and oxygen atoms in total. The minimum Gasteiger partial charge on any atom is -0.489 e. The molecule has 0 aliphatic heterocycles. The molecule has 0 bridgehead atoms. The van der Waals surface area contributed by atoms with E-state index in [1.807, 2.05) is 19.1 Å². The zero-order valence-electron chi connectivity index (χ0n) is 7.07. The van der Waals surface area contributed by atoms with Gasteiger partial charge in [0.05, 0.1) is 10.9 Å². The van der Waals surface area contributed by atoms with Gasteiger partial charge in [0.25, 0.3) is 5.88 Å². The number of fused-ring (bicyclic) bond motifs is 1. The van der Waals surface area contributed by atoms with Crippen LogP contribution in [0.3, 0.4) is 0 Å². The Labute approximate surface area is 74.4 Å². The van der Waals surface area contributed by atoms with Gasteiger partial charge in [0.2, 0.25) is 5.39 Å². The van der Waals surface area contributed by atoms with Crippen molar-refractivity contribution >= 4 is 16.6 Å². The molecule has 0 spiro atoms. The first-order valence-corrected chi connectivity index (χ1v) is 3.89. The normalized spacial score (nSPS) is 10.2. The van der Waals surface area contributed by atoms with Gasteiger partial charge < -0.3 is 10.1 Å². The third-order valence-corrected chi connectivity index (χ3v) is 2.01. The Bertz CT molecular complexity index is 507. The average Bonchev–Trinajstić information content (AvgIpc) is 2.39. The second-order valence-electron chi connectivity index (χ2n) is 2.97. The fourth-order valence-corrected chi connectivity index (χ4v) is 1.38. The molecule has 0 aliphatic rings. The van der Waals surface area contributed by atoms with E-state index in [4.69, 9.17) is 5.39 Å². The number of H-pyrrole nitrogens is 1. The fourth-order valence-electron chi connectivity index (χ4n) is 1.38. The van der Waals surface area contributed by atoms with E-state index in [0.29, 0.717) is 5.39 Å². The number of nitrogens with zero attached hydrogens (tertiary/aromatic N) is 2. The summed E-state index contributed by atoms with van der Waals surface area (Å²) in [5.74, 6) is -0.108. The summed E-state index contributed by atoms with van der Waals surface area (Å²) in [5, 5.41) is 18.6. The number of benzene rings is 1. The second-order valence-corrected chi connectivity index (χ2v) is 2.97. The summed E-state index contributed by atoms with van der Waals surface area (Å²) in [6, 6.07) is 5.57. The molecular weight excluding hydrogens is 166 g/mol. The molecule has 13 heavy (non-hydrogen) atoms. The number of nitrogens with one attached hydrogen (secondary N) is 1. The molecule has 0 fully saturated rings. The number of hydrogen-bond donors (Lipinski definition) is 2. The van der Waals surface area contributed by atoms with Crippen LogP contribution in [0.1, 0.15) is 5.56 Å². The van der Waals surface area contributed by atoms with Crippen LogP contribution < -0.4 is 0 Å². The maximum Gasteiger partial charge on any atom is 0.453 e. The Morgan fingerprint density at radius 2 is 2.23 bits per heavy atom. The summed E-state index contributed by atoms with van der Waals surface area (Å²) >= 11 is 0. The lowest BCUT2D eigenvalue weighted by Crippen LogP contribution is -1.70. The van der Waals surface area contributed by atoms with Crippen molar-refractivity contribution in [1.82, 2.24) is 4.98 Å². The standard InChI is InChI=1S/C9H7N3O/c1-5-2-3-6-7(4-5)11-9(13)8(6)12-10/h2-4,10H,1H3/p+1. The molecule has 2 rings (SSSR count).